The third kappa shape index (κ3) is 15.9. The van der Waals surface area contributed by atoms with Crippen molar-refractivity contribution < 1.29 is 51.1 Å². The van der Waals surface area contributed by atoms with Crippen LogP contribution in [0.4, 0.5) is 0 Å². The molecule has 5 rings (SSSR count). The molecule has 5 aromatic carbocycles. The number of hydrogen-bond donors (Lipinski definition) is 2. The molecule has 0 aromatic heterocycles. The fourth-order valence-electron chi connectivity index (χ4n) is 3.35. The normalized spacial score (nSPS) is 9.65. The first kappa shape index (κ1) is 36.5. The van der Waals surface area contributed by atoms with Gasteiger partial charge in [0.05, 0.1) is 16.7 Å². The second-order valence-electron chi connectivity index (χ2n) is 9.97. The van der Waals surface area contributed by atoms with Crippen LogP contribution in [0.5, 0.6) is 0 Å². The number of carbonyl (C=O) groups is 3. The number of benzene rings is 3. The first-order chi connectivity index (χ1) is 20.0. The molecule has 0 bridgehead atoms. The number of carboxylic acids is 2. The first-order valence-electron chi connectivity index (χ1n) is 13.3. The van der Waals surface area contributed by atoms with Gasteiger partial charge in [-0.1, -0.05) is 54.1 Å². The Kier molecular flexibility index (Phi) is 16.6. The van der Waals surface area contributed by atoms with E-state index in [4.69, 9.17) is 14.9 Å². The van der Waals surface area contributed by atoms with Crippen molar-refractivity contribution in [1.82, 2.24) is 0 Å². The quantitative estimate of drug-likeness (QED) is 0.118. The van der Waals surface area contributed by atoms with Gasteiger partial charge in [0, 0.05) is 21.7 Å². The predicted molar refractivity (Wildman–Crippen MR) is 165 cm³/mol. The van der Waals surface area contributed by atoms with Gasteiger partial charge in [-0.3, -0.25) is 0 Å². The summed E-state index contributed by atoms with van der Waals surface area (Å²) in [6.45, 7) is 5.61. The summed E-state index contributed by atoms with van der Waals surface area (Å²) in [5, 5.41) is 16.8. The van der Waals surface area contributed by atoms with Crippen LogP contribution in [0.25, 0.3) is 0 Å². The molecule has 0 saturated heterocycles. The van der Waals surface area contributed by atoms with Crippen LogP contribution < -0.4 is 0 Å². The van der Waals surface area contributed by atoms with E-state index in [1.807, 2.05) is 87.5 Å². The Morgan fingerprint density at radius 3 is 1.35 bits per heavy atom. The van der Waals surface area contributed by atoms with Crippen LogP contribution in [0, 0.1) is 0 Å². The van der Waals surface area contributed by atoms with Crippen LogP contribution in [0.1, 0.15) is 63.0 Å². The zero-order valence-electron chi connectivity index (χ0n) is 24.5. The van der Waals surface area contributed by atoms with Crippen molar-refractivity contribution in [3.63, 3.8) is 0 Å². The van der Waals surface area contributed by atoms with E-state index in [1.165, 1.54) is 11.1 Å². The van der Waals surface area contributed by atoms with Crippen LogP contribution in [0.2, 0.25) is 0 Å². The molecule has 0 unspecified atom stereocenters. The van der Waals surface area contributed by atoms with Gasteiger partial charge in [-0.15, -0.1) is 0 Å². The summed E-state index contributed by atoms with van der Waals surface area (Å²) in [6.07, 6.45) is 0.890. The third-order valence-corrected chi connectivity index (χ3v) is 5.33. The predicted octanol–water partition coefficient (Wildman–Crippen LogP) is 8.12. The van der Waals surface area contributed by atoms with Crippen LogP contribution >= 0.6 is 0 Å². The number of hydrogen-bond acceptors (Lipinski definition) is 4. The van der Waals surface area contributed by atoms with Crippen molar-refractivity contribution >= 4 is 17.9 Å². The van der Waals surface area contributed by atoms with Gasteiger partial charge in [0.25, 0.3) is 0 Å². The van der Waals surface area contributed by atoms with Crippen molar-refractivity contribution in [3.8, 4) is 0 Å². The fraction of sp³-hybridized carbons (Fsp3) is 0.139. The molecule has 5 aromatic rings. The molecule has 7 heteroatoms. The average molecular weight is 613 g/mol. The van der Waals surface area contributed by atoms with E-state index in [1.54, 1.807) is 60.7 Å². The van der Waals surface area contributed by atoms with Gasteiger partial charge in [-0.05, 0) is 63.6 Å². The summed E-state index contributed by atoms with van der Waals surface area (Å²) < 4.78 is 5.33. The number of carbonyl (C=O) groups excluding carboxylic acids is 1. The van der Waals surface area contributed by atoms with E-state index in [-0.39, 0.29) is 27.7 Å². The Labute approximate surface area is 268 Å². The molecule has 226 valence electrons. The van der Waals surface area contributed by atoms with Gasteiger partial charge >= 0.3 is 17.9 Å². The SMILES string of the molecule is CC(C)(C)OC(=O)c1ccc(C[c-]2cccc2)cc1.O=C(O)c1ccccc1.O=C(O)c1ccccc1.[Ti].[cH-]1[cH-][cH-][cH-][cH-]1. The van der Waals surface area contributed by atoms with E-state index in [0.29, 0.717) is 16.7 Å². The van der Waals surface area contributed by atoms with Crippen LogP contribution in [-0.4, -0.2) is 33.7 Å². The molecule has 6 nitrogen and oxygen atoms in total. The van der Waals surface area contributed by atoms with E-state index in [0.717, 1.165) is 6.42 Å². The van der Waals surface area contributed by atoms with Crippen LogP contribution in [0.3, 0.4) is 0 Å². The maximum absolute atomic E-state index is 11.9. The number of carboxylic acid groups (broad SMARTS) is 2. The van der Waals surface area contributed by atoms with E-state index < -0.39 is 17.5 Å². The van der Waals surface area contributed by atoms with Crippen LogP contribution in [0.15, 0.2) is 140 Å². The summed E-state index contributed by atoms with van der Waals surface area (Å²) in [7, 11) is 0. The van der Waals surface area contributed by atoms with Gasteiger partial charge in [0.1, 0.15) is 5.60 Å². The zero-order chi connectivity index (χ0) is 30.8. The topological polar surface area (TPSA) is 101 Å². The van der Waals surface area contributed by atoms with Gasteiger partial charge in [-0.25, -0.2) is 26.5 Å². The van der Waals surface area contributed by atoms with Gasteiger partial charge in [0.15, 0.2) is 0 Å². The van der Waals surface area contributed by atoms with Crippen molar-refractivity contribution in [3.05, 3.63) is 167 Å². The molecule has 43 heavy (non-hydrogen) atoms. The maximum Gasteiger partial charge on any atom is 0.338 e. The fourth-order valence-corrected chi connectivity index (χ4v) is 3.35. The largest absolute Gasteiger partial charge is 0.748 e. The van der Waals surface area contributed by atoms with Gasteiger partial charge in [-0.2, -0.15) is 17.7 Å². The zero-order valence-corrected chi connectivity index (χ0v) is 26.1. The molecule has 0 aliphatic heterocycles. The van der Waals surface area contributed by atoms with E-state index in [2.05, 4.69) is 12.1 Å². The Bertz CT molecular complexity index is 1370. The minimum Gasteiger partial charge on any atom is -0.748 e. The monoisotopic (exact) mass is 612 g/mol. The van der Waals surface area contributed by atoms with E-state index in [9.17, 15) is 14.4 Å². The summed E-state index contributed by atoms with van der Waals surface area (Å²) in [6, 6.07) is 42.5. The number of aromatic carboxylic acids is 2. The minimum absolute atomic E-state index is 0. The molecule has 0 spiro atoms. The van der Waals surface area contributed by atoms with Crippen molar-refractivity contribution in [1.29, 1.82) is 0 Å². The smallest absolute Gasteiger partial charge is 0.338 e. The molecule has 0 aliphatic rings. The second kappa shape index (κ2) is 19.6. The Morgan fingerprint density at radius 1 is 0.628 bits per heavy atom. The summed E-state index contributed by atoms with van der Waals surface area (Å²) in [4.78, 5) is 32.3. The molecular formula is C36H36O6Ti-6. The molecule has 0 aliphatic carbocycles. The summed E-state index contributed by atoms with van der Waals surface area (Å²) in [5.74, 6) is -2.03. The Morgan fingerprint density at radius 2 is 1.02 bits per heavy atom. The number of ether oxygens (including phenoxy) is 1. The molecular weight excluding hydrogens is 576 g/mol. The van der Waals surface area contributed by atoms with Crippen molar-refractivity contribution in [2.45, 2.75) is 32.8 Å². The summed E-state index contributed by atoms with van der Waals surface area (Å²) in [5.41, 5.74) is 3.28. The maximum atomic E-state index is 11.9. The first-order valence-corrected chi connectivity index (χ1v) is 13.3. The second-order valence-corrected chi connectivity index (χ2v) is 9.97. The van der Waals surface area contributed by atoms with Gasteiger partial charge in [0.2, 0.25) is 0 Å². The minimum atomic E-state index is -0.879. The Balaban J connectivity index is 0.000000321. The van der Waals surface area contributed by atoms with Crippen molar-refractivity contribution in [2.24, 2.45) is 0 Å². The van der Waals surface area contributed by atoms with Crippen LogP contribution in [-0.2, 0) is 32.9 Å². The Hall–Kier alpha value is -4.52. The average Bonchev–Trinajstić information content (AvgIpc) is 3.72. The molecule has 0 radical (unpaired) electrons. The molecule has 0 atom stereocenters. The third-order valence-electron chi connectivity index (χ3n) is 5.33. The number of esters is 1. The standard InChI is InChI=1S/C17H19O2.2C7H6O2.C5H5.Ti/c1-17(2,3)19-16(18)15-10-8-14(9-11-15)12-13-6-4-5-7-13;2*8-7(9)6-4-2-1-3-5-6;1-2-4-5-3-1;/h4-11H,12H2,1-3H3;2*1-5H,(H,8,9);1-5H;/q-1;;;-5;. The van der Waals surface area contributed by atoms with E-state index >= 15 is 0 Å². The van der Waals surface area contributed by atoms with Crippen molar-refractivity contribution in [2.75, 3.05) is 0 Å². The van der Waals surface area contributed by atoms with Gasteiger partial charge < -0.3 is 45.3 Å². The molecule has 2 N–H and O–H groups in total. The number of rotatable bonds is 5. The molecule has 0 heterocycles. The molecule has 0 fully saturated rings. The summed E-state index contributed by atoms with van der Waals surface area (Å²) >= 11 is 0. The molecule has 0 saturated carbocycles. The molecule has 0 amide bonds.